The average Bonchev–Trinajstić information content (AvgIpc) is 3.22. The van der Waals surface area contributed by atoms with Crippen molar-refractivity contribution in [3.05, 3.63) is 70.8 Å². The van der Waals surface area contributed by atoms with E-state index in [9.17, 15) is 9.59 Å². The first-order valence-electron chi connectivity index (χ1n) is 12.7. The van der Waals surface area contributed by atoms with Gasteiger partial charge in [0.1, 0.15) is 12.2 Å². The number of ether oxygens (including phenoxy) is 4. The first-order valence-corrected chi connectivity index (χ1v) is 12.7. The van der Waals surface area contributed by atoms with Gasteiger partial charge in [-0.1, -0.05) is 30.4 Å². The molecule has 1 saturated heterocycles. The van der Waals surface area contributed by atoms with Crippen LogP contribution in [-0.2, 0) is 32.7 Å². The number of piperidine rings is 1. The highest BCUT2D eigenvalue weighted by molar-refractivity contribution is 5.89. The summed E-state index contributed by atoms with van der Waals surface area (Å²) < 4.78 is 23.8. The Hall–Kier alpha value is -3.16. The summed E-state index contributed by atoms with van der Waals surface area (Å²) >= 11 is 0. The number of likely N-dealkylation sites (N-methyl/N-ethyl adjacent to an activating group) is 1. The Labute approximate surface area is 211 Å². The topological polar surface area (TPSA) is 74.3 Å². The van der Waals surface area contributed by atoms with Gasteiger partial charge in [0.05, 0.1) is 18.8 Å². The van der Waals surface area contributed by atoms with Crippen LogP contribution in [0.5, 0.6) is 11.5 Å². The average molecular weight is 490 g/mol. The highest BCUT2D eigenvalue weighted by Gasteiger charge is 2.64. The fourth-order valence-electron chi connectivity index (χ4n) is 6.73. The number of hydrogen-bond donors (Lipinski definition) is 0. The molecule has 2 aromatic carbocycles. The van der Waals surface area contributed by atoms with Crippen LogP contribution in [0.15, 0.2) is 48.6 Å². The van der Waals surface area contributed by atoms with Crippen molar-refractivity contribution in [3.8, 4) is 11.5 Å². The third-order valence-corrected chi connectivity index (χ3v) is 8.28. The molecular weight excluding hydrogens is 458 g/mol. The summed E-state index contributed by atoms with van der Waals surface area (Å²) in [6.45, 7) is 4.93. The van der Waals surface area contributed by atoms with Crippen molar-refractivity contribution >= 4 is 11.9 Å². The summed E-state index contributed by atoms with van der Waals surface area (Å²) in [5.74, 6) is 0.835. The van der Waals surface area contributed by atoms with E-state index in [1.807, 2.05) is 18.2 Å². The number of nitrogens with zero attached hydrogens (tertiary/aromatic N) is 1. The van der Waals surface area contributed by atoms with Crippen molar-refractivity contribution in [2.45, 2.75) is 57.0 Å². The molecule has 1 spiro atoms. The second-order valence-electron chi connectivity index (χ2n) is 10.2. The summed E-state index contributed by atoms with van der Waals surface area (Å²) in [5.41, 5.74) is 3.78. The van der Waals surface area contributed by atoms with Crippen molar-refractivity contribution in [2.75, 3.05) is 20.2 Å². The molecule has 0 radical (unpaired) electrons. The van der Waals surface area contributed by atoms with E-state index in [-0.39, 0.29) is 29.6 Å². The summed E-state index contributed by atoms with van der Waals surface area (Å²) in [7, 11) is 2.21. The zero-order valence-electron chi connectivity index (χ0n) is 20.9. The van der Waals surface area contributed by atoms with Gasteiger partial charge in [0.25, 0.3) is 0 Å². The molecule has 0 aromatic heterocycles. The van der Waals surface area contributed by atoms with E-state index in [0.29, 0.717) is 42.2 Å². The highest BCUT2D eigenvalue weighted by Crippen LogP contribution is 2.62. The van der Waals surface area contributed by atoms with Crippen molar-refractivity contribution < 1.29 is 28.5 Å². The fraction of sp³-hybridized carbons (Fsp3) is 0.448. The number of carbonyl (C=O) groups excluding carboxylic acids is 2. The van der Waals surface area contributed by atoms with E-state index in [2.05, 4.69) is 30.2 Å². The minimum absolute atomic E-state index is 0.201. The largest absolute Gasteiger partial charge is 0.482 e. The van der Waals surface area contributed by atoms with Crippen LogP contribution in [0, 0.1) is 5.92 Å². The molecule has 5 atom stereocenters. The van der Waals surface area contributed by atoms with Gasteiger partial charge in [-0.2, -0.15) is 0 Å². The van der Waals surface area contributed by atoms with Crippen LogP contribution >= 0.6 is 0 Å². The summed E-state index contributed by atoms with van der Waals surface area (Å²) in [4.78, 5) is 26.2. The molecule has 4 aliphatic rings. The van der Waals surface area contributed by atoms with Crippen LogP contribution in [0.4, 0.5) is 0 Å². The number of esters is 2. The summed E-state index contributed by atoms with van der Waals surface area (Å²) in [6, 6.07) is 11.7. The van der Waals surface area contributed by atoms with Crippen LogP contribution in [-0.4, -0.2) is 55.3 Å². The first kappa shape index (κ1) is 23.3. The molecule has 0 N–H and O–H groups in total. The molecule has 6 rings (SSSR count). The first-order chi connectivity index (χ1) is 17.4. The van der Waals surface area contributed by atoms with E-state index in [4.69, 9.17) is 18.9 Å². The van der Waals surface area contributed by atoms with Crippen molar-refractivity contribution in [3.63, 3.8) is 0 Å². The van der Waals surface area contributed by atoms with Gasteiger partial charge >= 0.3 is 11.9 Å². The standard InChI is InChI=1S/C29H31NO6/c1-4-33-28(32)19-7-5-18(6-8-19)16-34-24-12-10-21-22-15-20-9-11-23(35-17(2)31)26-25(20)29(21,27(24)36-26)13-14-30(22)3/h5-12,21-22,24,27H,4,13-16H2,1-3H3/t21-,22+,24-,27-,29-/m0/s1. The van der Waals surface area contributed by atoms with E-state index in [0.717, 1.165) is 24.9 Å². The van der Waals surface area contributed by atoms with Gasteiger partial charge in [-0.25, -0.2) is 4.79 Å². The van der Waals surface area contributed by atoms with Crippen molar-refractivity contribution in [2.24, 2.45) is 5.92 Å². The van der Waals surface area contributed by atoms with Gasteiger partial charge in [0.2, 0.25) is 0 Å². The Morgan fingerprint density at radius 3 is 2.69 bits per heavy atom. The molecule has 2 aromatic rings. The van der Waals surface area contributed by atoms with Gasteiger partial charge < -0.3 is 23.8 Å². The Morgan fingerprint density at radius 1 is 1.14 bits per heavy atom. The van der Waals surface area contributed by atoms with Crippen LogP contribution in [0.2, 0.25) is 0 Å². The van der Waals surface area contributed by atoms with Crippen molar-refractivity contribution in [1.29, 1.82) is 0 Å². The lowest BCUT2D eigenvalue weighted by atomic mass is 9.53. The van der Waals surface area contributed by atoms with Crippen LogP contribution in [0.1, 0.15) is 47.3 Å². The molecule has 7 heteroatoms. The Kier molecular flexibility index (Phi) is 5.65. The SMILES string of the molecule is CCOC(=O)c1ccc(CO[C@H]2C=C[C@H]3[C@H]4Cc5ccc(OC(C)=O)c6c5[C@@]3(CCN4C)[C@H]2O6)cc1. The van der Waals surface area contributed by atoms with Gasteiger partial charge in [0.15, 0.2) is 11.5 Å². The van der Waals surface area contributed by atoms with Crippen molar-refractivity contribution in [1.82, 2.24) is 4.90 Å². The number of rotatable bonds is 6. The second-order valence-corrected chi connectivity index (χ2v) is 10.2. The van der Waals surface area contributed by atoms with Gasteiger partial charge in [-0.15, -0.1) is 0 Å². The maximum absolute atomic E-state index is 12.0. The molecule has 0 amide bonds. The Bertz CT molecular complexity index is 1240. The molecule has 188 valence electrons. The lowest BCUT2D eigenvalue weighted by Crippen LogP contribution is -2.65. The smallest absolute Gasteiger partial charge is 0.338 e. The van der Waals surface area contributed by atoms with E-state index in [1.54, 1.807) is 19.1 Å². The molecule has 7 nitrogen and oxygen atoms in total. The molecule has 2 heterocycles. The van der Waals surface area contributed by atoms with Crippen LogP contribution in [0.25, 0.3) is 0 Å². The maximum atomic E-state index is 12.0. The number of hydrogen-bond acceptors (Lipinski definition) is 7. The second kappa shape index (κ2) is 8.75. The fourth-order valence-corrected chi connectivity index (χ4v) is 6.73. The molecule has 2 aliphatic carbocycles. The molecular formula is C29H31NO6. The Balaban J connectivity index is 1.31. The normalized spacial score (nSPS) is 29.3. The number of likely N-dealkylation sites (tertiary alicyclic amines) is 1. The van der Waals surface area contributed by atoms with E-state index < -0.39 is 0 Å². The summed E-state index contributed by atoms with van der Waals surface area (Å²) in [6.07, 6.45) is 5.92. The minimum atomic E-state index is -0.354. The molecule has 36 heavy (non-hydrogen) atoms. The maximum Gasteiger partial charge on any atom is 0.338 e. The summed E-state index contributed by atoms with van der Waals surface area (Å²) in [5, 5.41) is 0. The minimum Gasteiger partial charge on any atom is -0.482 e. The quantitative estimate of drug-likeness (QED) is 0.347. The Morgan fingerprint density at radius 2 is 1.94 bits per heavy atom. The predicted octanol–water partition coefficient (Wildman–Crippen LogP) is 3.82. The lowest BCUT2D eigenvalue weighted by molar-refractivity contribution is -0.132. The third-order valence-electron chi connectivity index (χ3n) is 8.28. The zero-order valence-corrected chi connectivity index (χ0v) is 20.9. The highest BCUT2D eigenvalue weighted by atomic mass is 16.6. The van der Waals surface area contributed by atoms with E-state index in [1.165, 1.54) is 18.1 Å². The monoisotopic (exact) mass is 489 g/mol. The lowest BCUT2D eigenvalue weighted by Gasteiger charge is -2.56. The van der Waals surface area contributed by atoms with Gasteiger partial charge in [-0.3, -0.25) is 4.79 Å². The van der Waals surface area contributed by atoms with Gasteiger partial charge in [-0.05, 0) is 62.7 Å². The molecule has 1 fully saturated rings. The number of carbonyl (C=O) groups is 2. The van der Waals surface area contributed by atoms with Crippen LogP contribution in [0.3, 0.4) is 0 Å². The molecule has 2 aliphatic heterocycles. The zero-order chi connectivity index (χ0) is 25.0. The third kappa shape index (κ3) is 3.48. The molecule has 0 saturated carbocycles. The predicted molar refractivity (Wildman–Crippen MR) is 132 cm³/mol. The number of benzene rings is 2. The van der Waals surface area contributed by atoms with E-state index >= 15 is 0 Å². The van der Waals surface area contributed by atoms with Gasteiger partial charge in [0, 0.05) is 29.9 Å². The molecule has 2 bridgehead atoms. The van der Waals surface area contributed by atoms with Crippen LogP contribution < -0.4 is 9.47 Å². The molecule has 0 unspecified atom stereocenters.